The summed E-state index contributed by atoms with van der Waals surface area (Å²) in [5, 5.41) is 3.43. The van der Waals surface area contributed by atoms with Gasteiger partial charge in [0, 0.05) is 32.5 Å². The molecule has 1 amide bonds. The van der Waals surface area contributed by atoms with Gasteiger partial charge in [-0.3, -0.25) is 4.79 Å². The monoisotopic (exact) mass is 237 g/mol. The van der Waals surface area contributed by atoms with Crippen molar-refractivity contribution < 1.29 is 4.79 Å². The maximum atomic E-state index is 11.6. The van der Waals surface area contributed by atoms with Gasteiger partial charge in [0.1, 0.15) is 6.54 Å². The van der Waals surface area contributed by atoms with Crippen molar-refractivity contribution >= 4 is 5.91 Å². The zero-order valence-electron chi connectivity index (χ0n) is 11.2. The summed E-state index contributed by atoms with van der Waals surface area (Å²) >= 11 is 0. The molecule has 0 bridgehead atoms. The molecule has 1 aromatic heterocycles. The Hall–Kier alpha value is -1.29. The zero-order valence-corrected chi connectivity index (χ0v) is 11.2. The summed E-state index contributed by atoms with van der Waals surface area (Å²) in [4.78, 5) is 13.2. The van der Waals surface area contributed by atoms with Gasteiger partial charge in [0.2, 0.25) is 5.91 Å². The molecule has 0 aliphatic heterocycles. The molecule has 1 heterocycles. The number of carbonyl (C=O) groups is 1. The van der Waals surface area contributed by atoms with Crippen LogP contribution in [0.4, 0.5) is 0 Å². The number of amides is 1. The highest BCUT2D eigenvalue weighted by Gasteiger charge is 2.10. The van der Waals surface area contributed by atoms with Crippen LogP contribution in [-0.2, 0) is 11.3 Å². The first-order valence-electron chi connectivity index (χ1n) is 6.17. The van der Waals surface area contributed by atoms with Crippen LogP contribution in [0.25, 0.3) is 0 Å². The fourth-order valence-electron chi connectivity index (χ4n) is 1.81. The van der Waals surface area contributed by atoms with Crippen molar-refractivity contribution in [1.29, 1.82) is 0 Å². The van der Waals surface area contributed by atoms with E-state index >= 15 is 0 Å². The van der Waals surface area contributed by atoms with Gasteiger partial charge in [-0.05, 0) is 24.6 Å². The first-order valence-corrected chi connectivity index (χ1v) is 6.17. The number of carbonyl (C=O) groups excluding carboxylic acids is 1. The Morgan fingerprint density at radius 2 is 2.18 bits per heavy atom. The van der Waals surface area contributed by atoms with E-state index in [4.69, 9.17) is 0 Å². The Morgan fingerprint density at radius 3 is 2.71 bits per heavy atom. The van der Waals surface area contributed by atoms with Crippen LogP contribution in [0.15, 0.2) is 18.5 Å². The van der Waals surface area contributed by atoms with Crippen LogP contribution in [0, 0.1) is 0 Å². The maximum Gasteiger partial charge on any atom is 0.241 e. The van der Waals surface area contributed by atoms with E-state index in [1.165, 1.54) is 5.56 Å². The molecule has 0 aliphatic carbocycles. The largest absolute Gasteiger partial charge is 0.347 e. The van der Waals surface area contributed by atoms with Crippen molar-refractivity contribution in [2.24, 2.45) is 0 Å². The molecule has 1 rings (SSSR count). The number of aromatic nitrogens is 1. The molecule has 1 unspecified atom stereocenters. The summed E-state index contributed by atoms with van der Waals surface area (Å²) in [6.07, 6.45) is 5.08. The van der Waals surface area contributed by atoms with Crippen LogP contribution in [-0.4, -0.2) is 36.0 Å². The molecule has 0 spiro atoms. The van der Waals surface area contributed by atoms with Crippen LogP contribution in [0.3, 0.4) is 0 Å². The number of hydrogen-bond acceptors (Lipinski definition) is 2. The highest BCUT2D eigenvalue weighted by molar-refractivity contribution is 5.75. The van der Waals surface area contributed by atoms with E-state index in [1.807, 2.05) is 10.8 Å². The highest BCUT2D eigenvalue weighted by atomic mass is 16.2. The van der Waals surface area contributed by atoms with E-state index in [0.717, 1.165) is 13.0 Å². The molecular formula is C13H23N3O. The van der Waals surface area contributed by atoms with Gasteiger partial charge in [-0.2, -0.15) is 0 Å². The summed E-state index contributed by atoms with van der Waals surface area (Å²) in [5.41, 5.74) is 1.25. The third-order valence-electron chi connectivity index (χ3n) is 2.85. The molecule has 0 aliphatic rings. The summed E-state index contributed by atoms with van der Waals surface area (Å²) in [6.45, 7) is 5.64. The molecule has 1 aromatic rings. The van der Waals surface area contributed by atoms with Gasteiger partial charge in [-0.15, -0.1) is 0 Å². The average Bonchev–Trinajstić information content (AvgIpc) is 2.74. The number of likely N-dealkylation sites (N-methyl/N-ethyl adjacent to an activating group) is 1. The minimum atomic E-state index is 0.114. The standard InChI is InChI=1S/C13H23N3O/c1-5-12(14-6-2)11-7-8-16(9-11)10-13(17)15(3)4/h7-9,12,14H,5-6,10H2,1-4H3. The van der Waals surface area contributed by atoms with E-state index < -0.39 is 0 Å². The second-order valence-corrected chi connectivity index (χ2v) is 4.42. The number of hydrogen-bond donors (Lipinski definition) is 1. The third kappa shape index (κ3) is 3.89. The van der Waals surface area contributed by atoms with Crippen LogP contribution in [0.1, 0.15) is 31.9 Å². The van der Waals surface area contributed by atoms with Gasteiger partial charge in [0.05, 0.1) is 0 Å². The van der Waals surface area contributed by atoms with Crippen molar-refractivity contribution in [3.63, 3.8) is 0 Å². The second-order valence-electron chi connectivity index (χ2n) is 4.42. The van der Waals surface area contributed by atoms with Gasteiger partial charge in [-0.25, -0.2) is 0 Å². The molecule has 17 heavy (non-hydrogen) atoms. The van der Waals surface area contributed by atoms with E-state index in [0.29, 0.717) is 12.6 Å². The van der Waals surface area contributed by atoms with E-state index in [2.05, 4.69) is 31.4 Å². The fourth-order valence-corrected chi connectivity index (χ4v) is 1.81. The molecule has 96 valence electrons. The van der Waals surface area contributed by atoms with Crippen molar-refractivity contribution in [3.05, 3.63) is 24.0 Å². The third-order valence-corrected chi connectivity index (χ3v) is 2.85. The van der Waals surface area contributed by atoms with Crippen molar-refractivity contribution in [2.75, 3.05) is 20.6 Å². The van der Waals surface area contributed by atoms with Gasteiger partial charge >= 0.3 is 0 Å². The lowest BCUT2D eigenvalue weighted by molar-refractivity contribution is -0.129. The molecule has 0 radical (unpaired) electrons. The highest BCUT2D eigenvalue weighted by Crippen LogP contribution is 2.16. The molecule has 1 atom stereocenters. The lowest BCUT2D eigenvalue weighted by Gasteiger charge is -2.14. The van der Waals surface area contributed by atoms with Gasteiger partial charge in [0.15, 0.2) is 0 Å². The molecule has 0 saturated carbocycles. The van der Waals surface area contributed by atoms with Crippen LogP contribution in [0.2, 0.25) is 0 Å². The number of nitrogens with zero attached hydrogens (tertiary/aromatic N) is 2. The maximum absolute atomic E-state index is 11.6. The SMILES string of the molecule is CCNC(CC)c1ccn(CC(=O)N(C)C)c1. The van der Waals surface area contributed by atoms with Crippen molar-refractivity contribution in [3.8, 4) is 0 Å². The molecule has 4 nitrogen and oxygen atoms in total. The molecule has 0 aromatic carbocycles. The van der Waals surface area contributed by atoms with Gasteiger partial charge < -0.3 is 14.8 Å². The predicted octanol–water partition coefficient (Wildman–Crippen LogP) is 1.64. The van der Waals surface area contributed by atoms with Gasteiger partial charge in [0.25, 0.3) is 0 Å². The Kier molecular flexibility index (Phi) is 5.22. The predicted molar refractivity (Wildman–Crippen MR) is 69.8 cm³/mol. The summed E-state index contributed by atoms with van der Waals surface area (Å²) in [5.74, 6) is 0.114. The molecule has 0 fully saturated rings. The molecule has 4 heteroatoms. The summed E-state index contributed by atoms with van der Waals surface area (Å²) in [7, 11) is 3.56. The van der Waals surface area contributed by atoms with Gasteiger partial charge in [-0.1, -0.05) is 13.8 Å². The minimum Gasteiger partial charge on any atom is -0.347 e. The van der Waals surface area contributed by atoms with E-state index in [-0.39, 0.29) is 5.91 Å². The van der Waals surface area contributed by atoms with Crippen molar-refractivity contribution in [1.82, 2.24) is 14.8 Å². The first kappa shape index (κ1) is 13.8. The Balaban J connectivity index is 2.67. The van der Waals surface area contributed by atoms with Crippen LogP contribution in [0.5, 0.6) is 0 Å². The quantitative estimate of drug-likeness (QED) is 0.816. The Morgan fingerprint density at radius 1 is 1.47 bits per heavy atom. The van der Waals surface area contributed by atoms with E-state index in [1.54, 1.807) is 19.0 Å². The molecule has 0 saturated heterocycles. The Bertz CT molecular complexity index is 357. The molecular weight excluding hydrogens is 214 g/mol. The second kappa shape index (κ2) is 6.45. The molecule has 1 N–H and O–H groups in total. The zero-order chi connectivity index (χ0) is 12.8. The lowest BCUT2D eigenvalue weighted by atomic mass is 10.1. The number of nitrogens with one attached hydrogen (secondary N) is 1. The summed E-state index contributed by atoms with van der Waals surface area (Å²) in [6, 6.07) is 2.47. The van der Waals surface area contributed by atoms with Crippen molar-refractivity contribution in [2.45, 2.75) is 32.9 Å². The summed E-state index contributed by atoms with van der Waals surface area (Å²) < 4.78 is 1.94. The van der Waals surface area contributed by atoms with Crippen LogP contribution >= 0.6 is 0 Å². The first-order chi connectivity index (χ1) is 8.08. The Labute approximate surface area is 104 Å². The number of rotatable bonds is 6. The fraction of sp³-hybridized carbons (Fsp3) is 0.615. The normalized spacial score (nSPS) is 12.5. The minimum absolute atomic E-state index is 0.114. The van der Waals surface area contributed by atoms with Crippen LogP contribution < -0.4 is 5.32 Å². The lowest BCUT2D eigenvalue weighted by Crippen LogP contribution is -2.25. The smallest absolute Gasteiger partial charge is 0.241 e. The average molecular weight is 237 g/mol. The topological polar surface area (TPSA) is 37.3 Å². The van der Waals surface area contributed by atoms with E-state index in [9.17, 15) is 4.79 Å².